The number of carbonyl (C=O) groups is 1. The summed E-state index contributed by atoms with van der Waals surface area (Å²) in [4.78, 5) is 20.6. The third kappa shape index (κ3) is 4.14. The minimum absolute atomic E-state index is 0.126. The molecule has 0 radical (unpaired) electrons. The van der Waals surface area contributed by atoms with Crippen molar-refractivity contribution in [1.82, 2.24) is 9.97 Å². The van der Waals surface area contributed by atoms with Crippen LogP contribution in [0.4, 0.5) is 0 Å². The van der Waals surface area contributed by atoms with Gasteiger partial charge in [-0.3, -0.25) is 0 Å². The van der Waals surface area contributed by atoms with E-state index in [2.05, 4.69) is 9.97 Å². The summed E-state index contributed by atoms with van der Waals surface area (Å²) in [6.07, 6.45) is 5.06. The Morgan fingerprint density at radius 1 is 1.38 bits per heavy atom. The van der Waals surface area contributed by atoms with Crippen molar-refractivity contribution in [3.8, 4) is 0 Å². The van der Waals surface area contributed by atoms with Gasteiger partial charge < -0.3 is 9.47 Å². The maximum absolute atomic E-state index is 12.3. The maximum Gasteiger partial charge on any atom is 0.358 e. The zero-order chi connectivity index (χ0) is 15.4. The predicted octanol–water partition coefficient (Wildman–Crippen LogP) is 3.37. The highest BCUT2D eigenvalue weighted by molar-refractivity contribution is 6.33. The Balaban J connectivity index is 2.07. The lowest BCUT2D eigenvalue weighted by molar-refractivity contribution is -0.0153. The van der Waals surface area contributed by atoms with Gasteiger partial charge in [-0.05, 0) is 19.3 Å². The minimum Gasteiger partial charge on any atom is -0.458 e. The Bertz CT molecular complexity index is 508. The first-order valence-electron chi connectivity index (χ1n) is 7.27. The van der Waals surface area contributed by atoms with E-state index in [0.717, 1.165) is 25.7 Å². The number of carbonyl (C=O) groups excluding carboxylic acids is 1. The van der Waals surface area contributed by atoms with Crippen molar-refractivity contribution < 1.29 is 14.3 Å². The fourth-order valence-corrected chi connectivity index (χ4v) is 2.60. The Labute approximate surface area is 130 Å². The molecule has 1 fully saturated rings. The fourth-order valence-electron chi connectivity index (χ4n) is 2.43. The van der Waals surface area contributed by atoms with Crippen LogP contribution in [-0.2, 0) is 9.47 Å². The number of nitrogens with zero attached hydrogens (tertiary/aromatic N) is 2. The molecule has 1 saturated carbocycles. The lowest BCUT2D eigenvalue weighted by atomic mass is 9.95. The van der Waals surface area contributed by atoms with E-state index in [1.165, 1.54) is 6.20 Å². The van der Waals surface area contributed by atoms with Crippen LogP contribution in [0.25, 0.3) is 0 Å². The van der Waals surface area contributed by atoms with Crippen LogP contribution < -0.4 is 0 Å². The zero-order valence-electron chi connectivity index (χ0n) is 12.6. The van der Waals surface area contributed by atoms with E-state index >= 15 is 0 Å². The highest BCUT2D eigenvalue weighted by Crippen LogP contribution is 2.25. The molecule has 1 heterocycles. The van der Waals surface area contributed by atoms with Gasteiger partial charge in [0.25, 0.3) is 0 Å². The van der Waals surface area contributed by atoms with E-state index in [4.69, 9.17) is 21.1 Å². The Morgan fingerprint density at radius 2 is 2.10 bits per heavy atom. The van der Waals surface area contributed by atoms with Gasteiger partial charge in [0.2, 0.25) is 0 Å². The first kappa shape index (κ1) is 16.2. The second kappa shape index (κ2) is 7.18. The van der Waals surface area contributed by atoms with Crippen LogP contribution in [0.1, 0.15) is 61.8 Å². The summed E-state index contributed by atoms with van der Waals surface area (Å²) < 4.78 is 10.9. The zero-order valence-corrected chi connectivity index (χ0v) is 13.4. The van der Waals surface area contributed by atoms with E-state index in [0.29, 0.717) is 5.82 Å². The lowest BCUT2D eigenvalue weighted by Gasteiger charge is -2.27. The molecule has 0 bridgehead atoms. The van der Waals surface area contributed by atoms with Crippen LogP contribution in [0.15, 0.2) is 6.20 Å². The first-order valence-corrected chi connectivity index (χ1v) is 7.65. The number of methoxy groups -OCH3 is 1. The molecule has 2 rings (SSSR count). The third-order valence-electron chi connectivity index (χ3n) is 3.66. The number of halogens is 1. The molecule has 1 aromatic heterocycles. The molecule has 0 N–H and O–H groups in total. The molecule has 2 atom stereocenters. The van der Waals surface area contributed by atoms with Crippen LogP contribution in [0, 0.1) is 0 Å². The predicted molar refractivity (Wildman–Crippen MR) is 79.6 cm³/mol. The second-order valence-corrected chi connectivity index (χ2v) is 6.04. The number of rotatable bonds is 4. The fraction of sp³-hybridized carbons (Fsp3) is 0.667. The van der Waals surface area contributed by atoms with Crippen molar-refractivity contribution in [1.29, 1.82) is 0 Å². The number of hydrogen-bond donors (Lipinski definition) is 0. The molecule has 0 aliphatic heterocycles. The first-order chi connectivity index (χ1) is 10.0. The van der Waals surface area contributed by atoms with Crippen LogP contribution in [0.5, 0.6) is 0 Å². The summed E-state index contributed by atoms with van der Waals surface area (Å²) >= 11 is 6.02. The summed E-state index contributed by atoms with van der Waals surface area (Å²) in [5.41, 5.74) is 0.148. The average molecular weight is 313 g/mol. The molecule has 0 amide bonds. The Kier molecular flexibility index (Phi) is 5.53. The van der Waals surface area contributed by atoms with Crippen molar-refractivity contribution in [2.75, 3.05) is 7.11 Å². The lowest BCUT2D eigenvalue weighted by Crippen LogP contribution is -2.29. The van der Waals surface area contributed by atoms with Crippen molar-refractivity contribution in [2.24, 2.45) is 0 Å². The minimum atomic E-state index is -0.481. The number of esters is 1. The van der Waals surface area contributed by atoms with E-state index in [1.54, 1.807) is 7.11 Å². The maximum atomic E-state index is 12.3. The van der Waals surface area contributed by atoms with Gasteiger partial charge >= 0.3 is 5.97 Å². The van der Waals surface area contributed by atoms with E-state index in [1.807, 2.05) is 13.8 Å². The smallest absolute Gasteiger partial charge is 0.358 e. The molecule has 1 aliphatic carbocycles. The van der Waals surface area contributed by atoms with Crippen LogP contribution in [0.3, 0.4) is 0 Å². The molecule has 5 nitrogen and oxygen atoms in total. The third-order valence-corrected chi connectivity index (χ3v) is 3.93. The van der Waals surface area contributed by atoms with E-state index in [-0.39, 0.29) is 28.8 Å². The SMILES string of the molecule is COC1CCCC(OC(=O)c2nc(C(C)C)ncc2Cl)C1. The van der Waals surface area contributed by atoms with E-state index in [9.17, 15) is 4.79 Å². The monoisotopic (exact) mass is 312 g/mol. The number of ether oxygens (including phenoxy) is 2. The highest BCUT2D eigenvalue weighted by atomic mass is 35.5. The molecule has 116 valence electrons. The van der Waals surface area contributed by atoms with Crippen molar-refractivity contribution in [2.45, 2.75) is 57.7 Å². The van der Waals surface area contributed by atoms with Crippen molar-refractivity contribution in [3.05, 3.63) is 22.7 Å². The second-order valence-electron chi connectivity index (χ2n) is 5.63. The number of hydrogen-bond acceptors (Lipinski definition) is 5. The summed E-state index contributed by atoms with van der Waals surface area (Å²) in [5.74, 6) is 0.234. The average Bonchev–Trinajstić information content (AvgIpc) is 2.47. The normalized spacial score (nSPS) is 22.3. The molecular formula is C15H21ClN2O3. The molecule has 21 heavy (non-hydrogen) atoms. The van der Waals surface area contributed by atoms with Gasteiger partial charge in [0, 0.05) is 19.4 Å². The molecule has 6 heteroatoms. The molecule has 2 unspecified atom stereocenters. The number of aromatic nitrogens is 2. The molecule has 1 aliphatic rings. The van der Waals surface area contributed by atoms with Gasteiger partial charge in [0.15, 0.2) is 5.69 Å². The molecule has 0 saturated heterocycles. The Morgan fingerprint density at radius 3 is 2.76 bits per heavy atom. The summed E-state index contributed by atoms with van der Waals surface area (Å²) in [7, 11) is 1.69. The summed E-state index contributed by atoms with van der Waals surface area (Å²) in [6.45, 7) is 3.92. The van der Waals surface area contributed by atoms with Gasteiger partial charge in [-0.2, -0.15) is 0 Å². The Hall–Kier alpha value is -1.20. The van der Waals surface area contributed by atoms with E-state index < -0.39 is 5.97 Å². The van der Waals surface area contributed by atoms with Crippen molar-refractivity contribution >= 4 is 17.6 Å². The largest absolute Gasteiger partial charge is 0.458 e. The van der Waals surface area contributed by atoms with Gasteiger partial charge in [0.05, 0.1) is 17.3 Å². The summed E-state index contributed by atoms with van der Waals surface area (Å²) in [6, 6.07) is 0. The highest BCUT2D eigenvalue weighted by Gasteiger charge is 2.26. The van der Waals surface area contributed by atoms with Crippen LogP contribution in [-0.4, -0.2) is 35.3 Å². The standard InChI is InChI=1S/C15H21ClN2O3/c1-9(2)14-17-8-12(16)13(18-14)15(19)21-11-6-4-5-10(7-11)20-3/h8-11H,4-7H2,1-3H3. The van der Waals surface area contributed by atoms with Crippen LogP contribution >= 0.6 is 11.6 Å². The quantitative estimate of drug-likeness (QED) is 0.798. The molecule has 0 spiro atoms. The van der Waals surface area contributed by atoms with Gasteiger partial charge in [-0.15, -0.1) is 0 Å². The van der Waals surface area contributed by atoms with Gasteiger partial charge in [0.1, 0.15) is 11.9 Å². The summed E-state index contributed by atoms with van der Waals surface area (Å²) in [5, 5.41) is 0.225. The van der Waals surface area contributed by atoms with Crippen molar-refractivity contribution in [3.63, 3.8) is 0 Å². The topological polar surface area (TPSA) is 61.3 Å². The molecule has 1 aromatic rings. The van der Waals surface area contributed by atoms with Crippen LogP contribution in [0.2, 0.25) is 5.02 Å². The van der Waals surface area contributed by atoms with Gasteiger partial charge in [-0.1, -0.05) is 25.4 Å². The molecule has 0 aromatic carbocycles. The molecular weight excluding hydrogens is 292 g/mol. The van der Waals surface area contributed by atoms with Gasteiger partial charge in [-0.25, -0.2) is 14.8 Å².